The molecule has 0 aliphatic heterocycles. The summed E-state index contributed by atoms with van der Waals surface area (Å²) in [5.74, 6) is -0.139. The van der Waals surface area contributed by atoms with E-state index in [0.29, 0.717) is 17.1 Å². The summed E-state index contributed by atoms with van der Waals surface area (Å²) in [5.41, 5.74) is 0.659. The van der Waals surface area contributed by atoms with Crippen molar-refractivity contribution in [2.45, 2.75) is 44.8 Å². The average Bonchev–Trinajstić information content (AvgIpc) is 2.96. The van der Waals surface area contributed by atoms with Gasteiger partial charge < -0.3 is 9.47 Å². The minimum Gasteiger partial charge on any atom is -0.497 e. The van der Waals surface area contributed by atoms with Crippen molar-refractivity contribution in [3.05, 3.63) is 34.8 Å². The van der Waals surface area contributed by atoms with Gasteiger partial charge in [0.2, 0.25) is 0 Å². The van der Waals surface area contributed by atoms with Gasteiger partial charge in [-0.25, -0.2) is 9.36 Å². The van der Waals surface area contributed by atoms with E-state index in [-0.39, 0.29) is 12.6 Å². The van der Waals surface area contributed by atoms with Gasteiger partial charge in [-0.05, 0) is 49.9 Å². The normalized spacial score (nSPS) is 15.2. The molecule has 0 unspecified atom stereocenters. The molecule has 0 bridgehead atoms. The van der Waals surface area contributed by atoms with Gasteiger partial charge in [0, 0.05) is 5.56 Å². The summed E-state index contributed by atoms with van der Waals surface area (Å²) in [4.78, 5) is 24.0. The maximum absolute atomic E-state index is 12.1. The second-order valence-electron chi connectivity index (χ2n) is 5.84. The largest absolute Gasteiger partial charge is 0.497 e. The van der Waals surface area contributed by atoms with Gasteiger partial charge in [0.05, 0.1) is 7.11 Å². The average molecular weight is 332 g/mol. The van der Waals surface area contributed by atoms with Crippen LogP contribution in [-0.2, 0) is 16.1 Å². The summed E-state index contributed by atoms with van der Waals surface area (Å²) in [7, 11) is 1.57. The number of hydrogen-bond acceptors (Lipinski definition) is 6. The summed E-state index contributed by atoms with van der Waals surface area (Å²) in [6.45, 7) is -0.208. The Morgan fingerprint density at radius 2 is 1.96 bits per heavy atom. The number of carbonyl (C=O) groups is 1. The van der Waals surface area contributed by atoms with Crippen LogP contribution in [0, 0.1) is 0 Å². The Morgan fingerprint density at radius 3 is 2.62 bits per heavy atom. The Balaban J connectivity index is 1.74. The maximum atomic E-state index is 12.1. The van der Waals surface area contributed by atoms with Crippen molar-refractivity contribution in [3.8, 4) is 17.1 Å². The van der Waals surface area contributed by atoms with E-state index >= 15 is 0 Å². The van der Waals surface area contributed by atoms with Crippen LogP contribution in [-0.4, -0.2) is 28.9 Å². The fourth-order valence-corrected chi connectivity index (χ4v) is 2.89. The van der Waals surface area contributed by atoms with Gasteiger partial charge in [-0.1, -0.05) is 11.6 Å². The van der Waals surface area contributed by atoms with Crippen molar-refractivity contribution in [2.75, 3.05) is 7.11 Å². The van der Waals surface area contributed by atoms with Crippen LogP contribution in [0.2, 0.25) is 0 Å². The van der Waals surface area contributed by atoms with E-state index in [0.717, 1.165) is 25.7 Å². The number of nitrogens with zero attached hydrogens (tertiary/aromatic N) is 2. The van der Waals surface area contributed by atoms with E-state index in [1.807, 2.05) is 0 Å². The topological polar surface area (TPSA) is 83.6 Å². The van der Waals surface area contributed by atoms with Crippen molar-refractivity contribution in [1.82, 2.24) is 9.72 Å². The van der Waals surface area contributed by atoms with Crippen molar-refractivity contribution in [2.24, 2.45) is 0 Å². The Kier molecular flexibility index (Phi) is 4.98. The van der Waals surface area contributed by atoms with E-state index in [1.165, 1.54) is 11.0 Å². The molecule has 1 aliphatic rings. The first-order valence-electron chi connectivity index (χ1n) is 8.08. The molecule has 1 fully saturated rings. The molecule has 1 saturated carbocycles. The SMILES string of the molecule is COc1ccc(-c2noc(=O)n2CC(=O)OC2CCCCC2)cc1. The first-order chi connectivity index (χ1) is 11.7. The van der Waals surface area contributed by atoms with Crippen LogP contribution in [0.3, 0.4) is 0 Å². The summed E-state index contributed by atoms with van der Waals surface area (Å²) >= 11 is 0. The molecule has 1 aromatic carbocycles. The molecule has 0 atom stereocenters. The fourth-order valence-electron chi connectivity index (χ4n) is 2.89. The molecular weight excluding hydrogens is 312 g/mol. The van der Waals surface area contributed by atoms with Gasteiger partial charge in [0.25, 0.3) is 0 Å². The number of ether oxygens (including phenoxy) is 2. The third kappa shape index (κ3) is 3.67. The monoisotopic (exact) mass is 332 g/mol. The predicted octanol–water partition coefficient (Wildman–Crippen LogP) is 2.39. The molecule has 2 aromatic rings. The minimum atomic E-state index is -0.679. The lowest BCUT2D eigenvalue weighted by Crippen LogP contribution is -2.27. The zero-order valence-corrected chi connectivity index (χ0v) is 13.6. The molecule has 128 valence electrons. The Bertz CT molecular complexity index is 741. The third-order valence-electron chi connectivity index (χ3n) is 4.17. The predicted molar refractivity (Wildman–Crippen MR) is 85.7 cm³/mol. The van der Waals surface area contributed by atoms with Crippen LogP contribution in [0.5, 0.6) is 5.75 Å². The summed E-state index contributed by atoms with van der Waals surface area (Å²) in [5, 5.41) is 3.77. The number of esters is 1. The second-order valence-corrected chi connectivity index (χ2v) is 5.84. The Hall–Kier alpha value is -2.57. The molecule has 0 amide bonds. The lowest BCUT2D eigenvalue weighted by atomic mass is 9.98. The Labute approximate surface area is 139 Å². The smallest absolute Gasteiger partial charge is 0.442 e. The van der Waals surface area contributed by atoms with Crippen LogP contribution in [0.15, 0.2) is 33.6 Å². The summed E-state index contributed by atoms with van der Waals surface area (Å²) in [6, 6.07) is 7.00. The van der Waals surface area contributed by atoms with E-state index in [9.17, 15) is 9.59 Å². The van der Waals surface area contributed by atoms with Crippen molar-refractivity contribution < 1.29 is 18.8 Å². The highest BCUT2D eigenvalue weighted by molar-refractivity contribution is 5.70. The summed E-state index contributed by atoms with van der Waals surface area (Å²) in [6.07, 6.45) is 5.04. The number of aromatic nitrogens is 2. The maximum Gasteiger partial charge on any atom is 0.442 e. The molecule has 0 spiro atoms. The number of rotatable bonds is 5. The Morgan fingerprint density at radius 1 is 1.25 bits per heavy atom. The fraction of sp³-hybridized carbons (Fsp3) is 0.471. The molecule has 7 heteroatoms. The molecule has 1 aliphatic carbocycles. The van der Waals surface area contributed by atoms with Gasteiger partial charge in [-0.15, -0.1) is 0 Å². The first kappa shape index (κ1) is 16.3. The molecule has 1 aromatic heterocycles. The molecule has 7 nitrogen and oxygen atoms in total. The van der Waals surface area contributed by atoms with Gasteiger partial charge in [0.15, 0.2) is 5.82 Å². The van der Waals surface area contributed by atoms with Crippen LogP contribution in [0.4, 0.5) is 0 Å². The van der Waals surface area contributed by atoms with Crippen molar-refractivity contribution >= 4 is 5.97 Å². The van der Waals surface area contributed by atoms with E-state index in [2.05, 4.69) is 5.16 Å². The molecule has 0 radical (unpaired) electrons. The van der Waals surface area contributed by atoms with E-state index in [4.69, 9.17) is 14.0 Å². The molecule has 24 heavy (non-hydrogen) atoms. The number of benzene rings is 1. The van der Waals surface area contributed by atoms with Gasteiger partial charge >= 0.3 is 11.7 Å². The third-order valence-corrected chi connectivity index (χ3v) is 4.17. The number of hydrogen-bond donors (Lipinski definition) is 0. The molecule has 1 heterocycles. The molecule has 3 rings (SSSR count). The zero-order valence-electron chi connectivity index (χ0n) is 13.6. The van der Waals surface area contributed by atoms with E-state index < -0.39 is 11.7 Å². The number of methoxy groups -OCH3 is 1. The quantitative estimate of drug-likeness (QED) is 0.782. The van der Waals surface area contributed by atoms with Crippen LogP contribution in [0.25, 0.3) is 11.4 Å². The van der Waals surface area contributed by atoms with Crippen LogP contribution < -0.4 is 10.5 Å². The molecule has 0 saturated heterocycles. The molecular formula is C17H20N2O5. The zero-order chi connectivity index (χ0) is 16.9. The van der Waals surface area contributed by atoms with Gasteiger partial charge in [0.1, 0.15) is 18.4 Å². The highest BCUT2D eigenvalue weighted by atomic mass is 16.5. The lowest BCUT2D eigenvalue weighted by molar-refractivity contribution is -0.151. The standard InChI is InChI=1S/C17H20N2O5/c1-22-13-9-7-12(8-10-13)16-18-24-17(21)19(16)11-15(20)23-14-5-3-2-4-6-14/h7-10,14H,2-6,11H2,1H3. The van der Waals surface area contributed by atoms with Crippen molar-refractivity contribution in [3.63, 3.8) is 0 Å². The second kappa shape index (κ2) is 7.33. The highest BCUT2D eigenvalue weighted by Gasteiger charge is 2.21. The lowest BCUT2D eigenvalue weighted by Gasteiger charge is -2.21. The minimum absolute atomic E-state index is 0.0498. The van der Waals surface area contributed by atoms with Gasteiger partial charge in [-0.2, -0.15) is 0 Å². The number of carbonyl (C=O) groups excluding carboxylic acids is 1. The molecule has 0 N–H and O–H groups in total. The highest BCUT2D eigenvalue weighted by Crippen LogP contribution is 2.22. The van der Waals surface area contributed by atoms with Crippen LogP contribution >= 0.6 is 0 Å². The van der Waals surface area contributed by atoms with Gasteiger partial charge in [-0.3, -0.25) is 9.32 Å². The van der Waals surface area contributed by atoms with Crippen LogP contribution in [0.1, 0.15) is 32.1 Å². The first-order valence-corrected chi connectivity index (χ1v) is 8.08. The summed E-state index contributed by atoms with van der Waals surface area (Å²) < 4.78 is 16.5. The van der Waals surface area contributed by atoms with Crippen molar-refractivity contribution in [1.29, 1.82) is 0 Å². The van der Waals surface area contributed by atoms with E-state index in [1.54, 1.807) is 31.4 Å².